The summed E-state index contributed by atoms with van der Waals surface area (Å²) >= 11 is 1.44. The summed E-state index contributed by atoms with van der Waals surface area (Å²) in [5, 5.41) is 2.47. The van der Waals surface area contributed by atoms with Crippen molar-refractivity contribution in [2.75, 3.05) is 19.8 Å². The number of nitrogens with zero attached hydrogens (tertiary/aromatic N) is 3. The van der Waals surface area contributed by atoms with Gasteiger partial charge in [0.05, 0.1) is 30.5 Å². The van der Waals surface area contributed by atoms with E-state index in [1.54, 1.807) is 6.07 Å². The average molecular weight is 321 g/mol. The van der Waals surface area contributed by atoms with Crippen LogP contribution in [0.2, 0.25) is 0 Å². The highest BCUT2D eigenvalue weighted by molar-refractivity contribution is 7.16. The number of thiophene rings is 1. The predicted molar refractivity (Wildman–Crippen MR) is 85.1 cm³/mol. The first-order valence-electron chi connectivity index (χ1n) is 7.30. The number of ether oxygens (including phenoxy) is 1. The molecule has 3 rings (SSSR count). The maximum atomic E-state index is 12.4. The molecule has 2 aromatic heterocycles. The van der Waals surface area contributed by atoms with Crippen LogP contribution in [-0.4, -0.2) is 45.7 Å². The highest BCUT2D eigenvalue weighted by atomic mass is 32.1. The van der Waals surface area contributed by atoms with Gasteiger partial charge in [0, 0.05) is 19.5 Å². The molecule has 0 atom stereocenters. The van der Waals surface area contributed by atoms with Crippen LogP contribution in [0.15, 0.2) is 22.6 Å². The van der Waals surface area contributed by atoms with Gasteiger partial charge >= 0.3 is 0 Å². The molecule has 0 aliphatic carbocycles. The van der Waals surface area contributed by atoms with Crippen LogP contribution in [-0.2, 0) is 16.1 Å². The molecule has 22 heavy (non-hydrogen) atoms. The number of hydrogen-bond acceptors (Lipinski definition) is 5. The van der Waals surface area contributed by atoms with E-state index in [9.17, 15) is 9.59 Å². The van der Waals surface area contributed by atoms with Crippen molar-refractivity contribution in [3.05, 3.63) is 28.1 Å². The van der Waals surface area contributed by atoms with E-state index in [1.807, 2.05) is 24.1 Å². The van der Waals surface area contributed by atoms with Crippen molar-refractivity contribution in [1.82, 2.24) is 14.5 Å². The van der Waals surface area contributed by atoms with Crippen LogP contribution in [0.3, 0.4) is 0 Å². The zero-order valence-corrected chi connectivity index (χ0v) is 13.6. The second-order valence-corrected chi connectivity index (χ2v) is 6.94. The second-order valence-electron chi connectivity index (χ2n) is 6.04. The second kappa shape index (κ2) is 5.81. The lowest BCUT2D eigenvalue weighted by atomic mass is 10.0. The van der Waals surface area contributed by atoms with E-state index < -0.39 is 0 Å². The lowest BCUT2D eigenvalue weighted by Crippen LogP contribution is -2.55. The number of morpholine rings is 1. The van der Waals surface area contributed by atoms with E-state index in [0.29, 0.717) is 38.1 Å². The molecule has 1 saturated heterocycles. The highest BCUT2D eigenvalue weighted by Crippen LogP contribution is 2.20. The number of carbonyl (C=O) groups is 1. The first-order chi connectivity index (χ1) is 10.5. The molecule has 3 heterocycles. The minimum atomic E-state index is -0.296. The zero-order chi connectivity index (χ0) is 15.7. The summed E-state index contributed by atoms with van der Waals surface area (Å²) in [5.74, 6) is 0.0469. The Hall–Kier alpha value is -1.73. The minimum Gasteiger partial charge on any atom is -0.377 e. The first kappa shape index (κ1) is 15.2. The van der Waals surface area contributed by atoms with Crippen LogP contribution in [0.1, 0.15) is 20.3 Å². The molecule has 7 heteroatoms. The van der Waals surface area contributed by atoms with Crippen LogP contribution in [0.5, 0.6) is 0 Å². The van der Waals surface area contributed by atoms with E-state index in [4.69, 9.17) is 4.74 Å². The fourth-order valence-corrected chi connectivity index (χ4v) is 3.45. The molecule has 0 spiro atoms. The Morgan fingerprint density at radius 3 is 3.09 bits per heavy atom. The first-order valence-corrected chi connectivity index (χ1v) is 8.18. The van der Waals surface area contributed by atoms with Crippen molar-refractivity contribution < 1.29 is 9.53 Å². The van der Waals surface area contributed by atoms with Gasteiger partial charge in [-0.3, -0.25) is 14.2 Å². The number of rotatable bonds is 3. The van der Waals surface area contributed by atoms with Gasteiger partial charge in [-0.1, -0.05) is 0 Å². The van der Waals surface area contributed by atoms with Gasteiger partial charge in [-0.25, -0.2) is 4.98 Å². The molecule has 0 bridgehead atoms. The number of amides is 1. The summed E-state index contributed by atoms with van der Waals surface area (Å²) in [6, 6.07) is 1.78. The van der Waals surface area contributed by atoms with Crippen LogP contribution >= 0.6 is 11.3 Å². The number of aromatic nitrogens is 2. The van der Waals surface area contributed by atoms with E-state index in [0.717, 1.165) is 4.83 Å². The molecular formula is C15H19N3O3S. The quantitative estimate of drug-likeness (QED) is 0.859. The standard InChI is InChI=1S/C15H19N3O3S/c1-15(2)9-21-7-6-18(15)12(19)3-5-17-10-16-13-11(14(17)20)4-8-22-13/h4,8,10H,3,5-7,9H2,1-2H3. The monoisotopic (exact) mass is 321 g/mol. The third kappa shape index (κ3) is 2.78. The Bertz CT molecular complexity index is 750. The summed E-state index contributed by atoms with van der Waals surface area (Å²) in [6.45, 7) is 6.05. The summed E-state index contributed by atoms with van der Waals surface area (Å²) in [6.07, 6.45) is 1.82. The third-order valence-corrected chi connectivity index (χ3v) is 4.78. The number of aryl methyl sites for hydroxylation is 1. The van der Waals surface area contributed by atoms with Gasteiger partial charge in [0.25, 0.3) is 5.56 Å². The van der Waals surface area contributed by atoms with Crippen molar-refractivity contribution in [2.45, 2.75) is 32.4 Å². The SMILES string of the molecule is CC1(C)COCCN1C(=O)CCn1cnc2sccc2c1=O. The molecule has 0 saturated carbocycles. The Balaban J connectivity index is 1.72. The zero-order valence-electron chi connectivity index (χ0n) is 12.7. The van der Waals surface area contributed by atoms with Gasteiger partial charge in [0.2, 0.25) is 5.91 Å². The summed E-state index contributed by atoms with van der Waals surface area (Å²) in [4.78, 5) is 31.6. The van der Waals surface area contributed by atoms with Crippen molar-refractivity contribution in [3.8, 4) is 0 Å². The molecule has 2 aromatic rings. The predicted octanol–water partition coefficient (Wildman–Crippen LogP) is 1.49. The van der Waals surface area contributed by atoms with Crippen LogP contribution in [0.4, 0.5) is 0 Å². The van der Waals surface area contributed by atoms with Gasteiger partial charge < -0.3 is 9.64 Å². The van der Waals surface area contributed by atoms with Crippen LogP contribution in [0.25, 0.3) is 10.2 Å². The van der Waals surface area contributed by atoms with Gasteiger partial charge in [-0.05, 0) is 25.3 Å². The molecule has 0 aromatic carbocycles. The summed E-state index contributed by atoms with van der Waals surface area (Å²) < 4.78 is 6.94. The lowest BCUT2D eigenvalue weighted by Gasteiger charge is -2.42. The maximum absolute atomic E-state index is 12.4. The molecular weight excluding hydrogens is 302 g/mol. The highest BCUT2D eigenvalue weighted by Gasteiger charge is 2.33. The Labute approximate surface area is 132 Å². The van der Waals surface area contributed by atoms with Crippen LogP contribution < -0.4 is 5.56 Å². The third-order valence-electron chi connectivity index (χ3n) is 3.96. The molecule has 0 unspecified atom stereocenters. The van der Waals surface area contributed by atoms with Gasteiger partial charge in [-0.2, -0.15) is 0 Å². The van der Waals surface area contributed by atoms with Crippen molar-refractivity contribution in [1.29, 1.82) is 0 Å². The van der Waals surface area contributed by atoms with E-state index in [-0.39, 0.29) is 17.0 Å². The van der Waals surface area contributed by atoms with E-state index in [1.165, 1.54) is 22.2 Å². The van der Waals surface area contributed by atoms with Crippen molar-refractivity contribution in [2.24, 2.45) is 0 Å². The molecule has 1 fully saturated rings. The molecule has 1 aliphatic heterocycles. The van der Waals surface area contributed by atoms with Crippen molar-refractivity contribution in [3.63, 3.8) is 0 Å². The minimum absolute atomic E-state index is 0.0469. The molecule has 6 nitrogen and oxygen atoms in total. The largest absolute Gasteiger partial charge is 0.377 e. The molecule has 1 amide bonds. The number of carbonyl (C=O) groups excluding carboxylic acids is 1. The Morgan fingerprint density at radius 1 is 1.50 bits per heavy atom. The lowest BCUT2D eigenvalue weighted by molar-refractivity contribution is -0.146. The van der Waals surface area contributed by atoms with Gasteiger partial charge in [0.15, 0.2) is 0 Å². The van der Waals surface area contributed by atoms with Gasteiger partial charge in [0.1, 0.15) is 4.83 Å². The fourth-order valence-electron chi connectivity index (χ4n) is 2.72. The van der Waals surface area contributed by atoms with E-state index >= 15 is 0 Å². The molecule has 0 radical (unpaired) electrons. The Kier molecular flexibility index (Phi) is 4.01. The Morgan fingerprint density at radius 2 is 2.32 bits per heavy atom. The average Bonchev–Trinajstić information content (AvgIpc) is 2.95. The summed E-state index contributed by atoms with van der Waals surface area (Å²) in [5.41, 5.74) is -0.379. The normalized spacial score (nSPS) is 17.8. The fraction of sp³-hybridized carbons (Fsp3) is 0.533. The molecule has 118 valence electrons. The van der Waals surface area contributed by atoms with Gasteiger partial charge in [-0.15, -0.1) is 11.3 Å². The smallest absolute Gasteiger partial charge is 0.262 e. The molecule has 1 aliphatic rings. The topological polar surface area (TPSA) is 64.4 Å². The van der Waals surface area contributed by atoms with Crippen molar-refractivity contribution >= 4 is 27.5 Å². The number of fused-ring (bicyclic) bond motifs is 1. The number of hydrogen-bond donors (Lipinski definition) is 0. The van der Waals surface area contributed by atoms with Crippen LogP contribution in [0, 0.1) is 0 Å². The maximum Gasteiger partial charge on any atom is 0.262 e. The molecule has 0 N–H and O–H groups in total. The van der Waals surface area contributed by atoms with E-state index in [2.05, 4.69) is 4.98 Å². The summed E-state index contributed by atoms with van der Waals surface area (Å²) in [7, 11) is 0.